The molecule has 0 aliphatic rings. The Labute approximate surface area is 171 Å². The molecule has 0 saturated heterocycles. The highest BCUT2D eigenvalue weighted by molar-refractivity contribution is 5.89. The van der Waals surface area contributed by atoms with Gasteiger partial charge in [-0.05, 0) is 43.7 Å². The predicted octanol–water partition coefficient (Wildman–Crippen LogP) is 3.69. The molecule has 1 aromatic heterocycles. The lowest BCUT2D eigenvalue weighted by molar-refractivity contribution is -0.386. The molecule has 9 nitrogen and oxygen atoms in total. The smallest absolute Gasteiger partial charge is 0.315 e. The number of nitriles is 1. The van der Waals surface area contributed by atoms with Crippen LogP contribution in [0.4, 0.5) is 5.69 Å². The fourth-order valence-electron chi connectivity index (χ4n) is 2.91. The lowest BCUT2D eigenvalue weighted by atomic mass is 10.1. The summed E-state index contributed by atoms with van der Waals surface area (Å²) in [5.74, 6) is 0.282. The highest BCUT2D eigenvalue weighted by atomic mass is 16.6. The second-order valence-corrected chi connectivity index (χ2v) is 6.09. The van der Waals surface area contributed by atoms with Crippen LogP contribution in [0.1, 0.15) is 25.2 Å². The number of hydrogen-bond donors (Lipinski definition) is 1. The zero-order valence-corrected chi connectivity index (χ0v) is 16.3. The van der Waals surface area contributed by atoms with Gasteiger partial charge in [-0.3, -0.25) is 14.9 Å². The standard InChI is InChI=1S/C21H18N4O5/c1-3-29-18-11-13(10-17(25(27)28)19(18)30-4-2)9-14(12-22)20-23-16-8-6-5-7-15(16)21(26)24-20/h5-11H,3-4H2,1-2H3,(H,23,24,26)/b14-9-. The van der Waals surface area contributed by atoms with E-state index in [9.17, 15) is 20.2 Å². The third-order valence-corrected chi connectivity index (χ3v) is 4.14. The van der Waals surface area contributed by atoms with Gasteiger partial charge in [0.2, 0.25) is 5.75 Å². The quantitative estimate of drug-likeness (QED) is 0.359. The first-order chi connectivity index (χ1) is 14.5. The zero-order chi connectivity index (χ0) is 21.7. The number of allylic oxidation sites excluding steroid dienone is 1. The van der Waals surface area contributed by atoms with Crippen LogP contribution in [0.25, 0.3) is 22.6 Å². The van der Waals surface area contributed by atoms with Gasteiger partial charge in [0.1, 0.15) is 6.07 Å². The van der Waals surface area contributed by atoms with E-state index in [0.29, 0.717) is 16.5 Å². The van der Waals surface area contributed by atoms with Crippen LogP contribution in [0.15, 0.2) is 41.2 Å². The van der Waals surface area contributed by atoms with Crippen molar-refractivity contribution in [2.24, 2.45) is 0 Å². The molecule has 0 bridgehead atoms. The van der Waals surface area contributed by atoms with Gasteiger partial charge in [-0.15, -0.1) is 0 Å². The molecule has 0 amide bonds. The predicted molar refractivity (Wildman–Crippen MR) is 111 cm³/mol. The summed E-state index contributed by atoms with van der Waals surface area (Å²) in [4.78, 5) is 30.2. The molecule has 3 aromatic rings. The van der Waals surface area contributed by atoms with Crippen molar-refractivity contribution in [3.8, 4) is 17.6 Å². The van der Waals surface area contributed by atoms with E-state index in [2.05, 4.69) is 9.97 Å². The number of aromatic nitrogens is 2. The summed E-state index contributed by atoms with van der Waals surface area (Å²) >= 11 is 0. The number of nitrogens with one attached hydrogen (secondary N) is 1. The summed E-state index contributed by atoms with van der Waals surface area (Å²) < 4.78 is 10.9. The lowest BCUT2D eigenvalue weighted by Crippen LogP contribution is -2.11. The average Bonchev–Trinajstić information content (AvgIpc) is 2.73. The molecule has 3 rings (SSSR count). The molecular formula is C21H18N4O5. The van der Waals surface area contributed by atoms with Gasteiger partial charge >= 0.3 is 5.69 Å². The van der Waals surface area contributed by atoms with E-state index < -0.39 is 4.92 Å². The Morgan fingerprint density at radius 1 is 1.27 bits per heavy atom. The van der Waals surface area contributed by atoms with Gasteiger partial charge in [0, 0.05) is 6.07 Å². The van der Waals surface area contributed by atoms with E-state index in [1.54, 1.807) is 38.1 Å². The Bertz CT molecular complexity index is 1240. The number of ether oxygens (including phenoxy) is 2. The van der Waals surface area contributed by atoms with Gasteiger partial charge in [0.15, 0.2) is 11.6 Å². The average molecular weight is 406 g/mol. The summed E-state index contributed by atoms with van der Waals surface area (Å²) in [5, 5.41) is 21.6. The molecule has 0 fully saturated rings. The van der Waals surface area contributed by atoms with Crippen LogP contribution in [0.3, 0.4) is 0 Å². The number of nitro benzene ring substituents is 1. The van der Waals surface area contributed by atoms with Crippen molar-refractivity contribution in [3.63, 3.8) is 0 Å². The van der Waals surface area contributed by atoms with Crippen molar-refractivity contribution in [2.75, 3.05) is 13.2 Å². The molecule has 0 atom stereocenters. The Hall–Kier alpha value is -4.19. The van der Waals surface area contributed by atoms with E-state index in [1.165, 1.54) is 18.2 Å². The second kappa shape index (κ2) is 8.87. The molecule has 2 aromatic carbocycles. The molecule has 0 aliphatic carbocycles. The molecule has 0 radical (unpaired) electrons. The minimum Gasteiger partial charge on any atom is -0.490 e. The maximum Gasteiger partial charge on any atom is 0.315 e. The molecule has 0 saturated carbocycles. The monoisotopic (exact) mass is 406 g/mol. The van der Waals surface area contributed by atoms with Gasteiger partial charge in [-0.25, -0.2) is 4.98 Å². The SMILES string of the molecule is CCOc1cc(/C=C(/C#N)c2nc3ccccc3c(=O)[nH]2)cc([N+](=O)[O-])c1OCC. The number of nitro groups is 1. The molecule has 9 heteroatoms. The number of nitrogens with zero attached hydrogens (tertiary/aromatic N) is 3. The van der Waals surface area contributed by atoms with E-state index in [4.69, 9.17) is 9.47 Å². The van der Waals surface area contributed by atoms with E-state index in [-0.39, 0.29) is 47.4 Å². The van der Waals surface area contributed by atoms with E-state index in [1.807, 2.05) is 6.07 Å². The van der Waals surface area contributed by atoms with Gasteiger partial charge in [0.05, 0.1) is 34.6 Å². The van der Waals surface area contributed by atoms with Crippen LogP contribution in [-0.2, 0) is 0 Å². The molecule has 152 valence electrons. The number of para-hydroxylation sites is 1. The van der Waals surface area contributed by atoms with Gasteiger partial charge < -0.3 is 14.5 Å². The van der Waals surface area contributed by atoms with Crippen molar-refractivity contribution in [3.05, 3.63) is 68.3 Å². The van der Waals surface area contributed by atoms with Gasteiger partial charge in [-0.2, -0.15) is 5.26 Å². The Kier molecular flexibility index (Phi) is 6.08. The first-order valence-electron chi connectivity index (χ1n) is 9.17. The summed E-state index contributed by atoms with van der Waals surface area (Å²) in [6.45, 7) is 3.95. The Balaban J connectivity index is 2.17. The van der Waals surface area contributed by atoms with Crippen molar-refractivity contribution in [2.45, 2.75) is 13.8 Å². The molecule has 0 aliphatic heterocycles. The molecule has 30 heavy (non-hydrogen) atoms. The number of fused-ring (bicyclic) bond motifs is 1. The lowest BCUT2D eigenvalue weighted by Gasteiger charge is -2.12. The molecule has 0 unspecified atom stereocenters. The van der Waals surface area contributed by atoms with Gasteiger partial charge in [-0.1, -0.05) is 12.1 Å². The highest BCUT2D eigenvalue weighted by Crippen LogP contribution is 2.39. The Morgan fingerprint density at radius 2 is 2.00 bits per heavy atom. The molecule has 1 N–H and O–H groups in total. The first-order valence-corrected chi connectivity index (χ1v) is 9.17. The van der Waals surface area contributed by atoms with Crippen molar-refractivity contribution in [1.29, 1.82) is 5.26 Å². The number of H-pyrrole nitrogens is 1. The third kappa shape index (κ3) is 4.12. The minimum absolute atomic E-state index is 0.0252. The van der Waals surface area contributed by atoms with Crippen molar-refractivity contribution < 1.29 is 14.4 Å². The fourth-order valence-corrected chi connectivity index (χ4v) is 2.91. The Morgan fingerprint density at radius 3 is 2.67 bits per heavy atom. The van der Waals surface area contributed by atoms with E-state index in [0.717, 1.165) is 0 Å². The molecule has 0 spiro atoms. The minimum atomic E-state index is -0.576. The summed E-state index contributed by atoms with van der Waals surface area (Å²) in [7, 11) is 0. The molecular weight excluding hydrogens is 388 g/mol. The van der Waals surface area contributed by atoms with Crippen LogP contribution < -0.4 is 15.0 Å². The van der Waals surface area contributed by atoms with Crippen molar-refractivity contribution >= 4 is 28.2 Å². The number of benzene rings is 2. The summed E-state index contributed by atoms with van der Waals surface area (Å²) in [6, 6.07) is 11.6. The van der Waals surface area contributed by atoms with E-state index >= 15 is 0 Å². The maximum atomic E-state index is 12.3. The number of rotatable bonds is 7. The largest absolute Gasteiger partial charge is 0.490 e. The molecule has 1 heterocycles. The van der Waals surface area contributed by atoms with Gasteiger partial charge in [0.25, 0.3) is 5.56 Å². The fraction of sp³-hybridized carbons (Fsp3) is 0.190. The normalized spacial score (nSPS) is 11.2. The third-order valence-electron chi connectivity index (χ3n) is 4.14. The first kappa shape index (κ1) is 20.5. The number of hydrogen-bond acceptors (Lipinski definition) is 7. The maximum absolute atomic E-state index is 12.3. The van der Waals surface area contributed by atoms with Crippen LogP contribution in [0.2, 0.25) is 0 Å². The number of aromatic amines is 1. The van der Waals surface area contributed by atoms with Crippen LogP contribution in [-0.4, -0.2) is 28.1 Å². The van der Waals surface area contributed by atoms with Crippen LogP contribution >= 0.6 is 0 Å². The summed E-state index contributed by atoms with van der Waals surface area (Å²) in [6.07, 6.45) is 1.40. The highest BCUT2D eigenvalue weighted by Gasteiger charge is 2.22. The topological polar surface area (TPSA) is 131 Å². The zero-order valence-electron chi connectivity index (χ0n) is 16.3. The van der Waals surface area contributed by atoms with Crippen LogP contribution in [0.5, 0.6) is 11.5 Å². The summed E-state index contributed by atoms with van der Waals surface area (Å²) in [5.41, 5.74) is 0.139. The second-order valence-electron chi connectivity index (χ2n) is 6.09. The van der Waals surface area contributed by atoms with Crippen molar-refractivity contribution in [1.82, 2.24) is 9.97 Å². The van der Waals surface area contributed by atoms with Crippen LogP contribution in [0, 0.1) is 21.4 Å².